The summed E-state index contributed by atoms with van der Waals surface area (Å²) in [5.74, 6) is -1.08. The Balaban J connectivity index is 1.70. The van der Waals surface area contributed by atoms with Crippen molar-refractivity contribution in [3.8, 4) is 0 Å². The minimum Gasteiger partial charge on any atom is -0.463 e. The summed E-state index contributed by atoms with van der Waals surface area (Å²) in [7, 11) is 0. The van der Waals surface area contributed by atoms with Gasteiger partial charge in [0.25, 0.3) is 5.69 Å². The normalized spacial score (nSPS) is 24.4. The van der Waals surface area contributed by atoms with Gasteiger partial charge >= 0.3 is 11.9 Å². The molecule has 1 aliphatic heterocycles. The molecule has 2 aliphatic rings. The number of hydrogen-bond donors (Lipinski definition) is 0. The number of carbonyl (C=O) groups is 2. The van der Waals surface area contributed by atoms with Gasteiger partial charge in [0.05, 0.1) is 23.2 Å². The van der Waals surface area contributed by atoms with Crippen LogP contribution in [0.3, 0.4) is 0 Å². The van der Waals surface area contributed by atoms with E-state index in [9.17, 15) is 19.7 Å². The van der Waals surface area contributed by atoms with Crippen molar-refractivity contribution in [2.75, 3.05) is 6.61 Å². The Morgan fingerprint density at radius 1 is 1.29 bits per heavy atom. The molecule has 3 atom stereocenters. The summed E-state index contributed by atoms with van der Waals surface area (Å²) in [6.07, 6.45) is 0.907. The molecule has 0 amide bonds. The maximum Gasteiger partial charge on any atom is 0.338 e. The third kappa shape index (κ3) is 3.28. The lowest BCUT2D eigenvalue weighted by Crippen LogP contribution is -2.28. The number of carbonyl (C=O) groups excluding carboxylic acids is 2. The second-order valence-electron chi connectivity index (χ2n) is 5.43. The number of ether oxygens (including phenoxy) is 3. The van der Waals surface area contributed by atoms with Gasteiger partial charge in [-0.3, -0.25) is 10.1 Å². The zero-order valence-electron chi connectivity index (χ0n) is 12.8. The van der Waals surface area contributed by atoms with E-state index in [4.69, 9.17) is 14.2 Å². The molecule has 0 spiro atoms. The van der Waals surface area contributed by atoms with E-state index in [-0.39, 0.29) is 30.1 Å². The van der Waals surface area contributed by atoms with Gasteiger partial charge in [-0.25, -0.2) is 9.59 Å². The summed E-state index contributed by atoms with van der Waals surface area (Å²) >= 11 is 0. The molecule has 126 valence electrons. The molecule has 8 heteroatoms. The highest BCUT2D eigenvalue weighted by molar-refractivity contribution is 5.91. The molecule has 1 heterocycles. The Labute approximate surface area is 137 Å². The molecule has 1 aromatic carbocycles. The van der Waals surface area contributed by atoms with Crippen LogP contribution in [0, 0.1) is 10.1 Å². The lowest BCUT2D eigenvalue weighted by molar-refractivity contribution is -0.384. The van der Waals surface area contributed by atoms with E-state index in [0.717, 1.165) is 0 Å². The van der Waals surface area contributed by atoms with E-state index in [1.165, 1.54) is 24.3 Å². The van der Waals surface area contributed by atoms with Crippen molar-refractivity contribution >= 4 is 17.6 Å². The van der Waals surface area contributed by atoms with Gasteiger partial charge in [-0.05, 0) is 25.1 Å². The van der Waals surface area contributed by atoms with Crippen LogP contribution in [0.25, 0.3) is 0 Å². The quantitative estimate of drug-likeness (QED) is 0.350. The van der Waals surface area contributed by atoms with Gasteiger partial charge in [0.15, 0.2) is 0 Å². The van der Waals surface area contributed by atoms with Crippen LogP contribution in [0.15, 0.2) is 35.9 Å². The number of fused-ring (bicyclic) bond motifs is 1. The molecule has 1 aromatic rings. The summed E-state index contributed by atoms with van der Waals surface area (Å²) in [5, 5.41) is 10.6. The zero-order valence-corrected chi connectivity index (χ0v) is 12.8. The smallest absolute Gasteiger partial charge is 0.338 e. The lowest BCUT2D eigenvalue weighted by Gasteiger charge is -2.17. The fourth-order valence-electron chi connectivity index (χ4n) is 2.57. The highest BCUT2D eigenvalue weighted by Crippen LogP contribution is 2.38. The molecule has 1 saturated heterocycles. The van der Waals surface area contributed by atoms with Crippen molar-refractivity contribution in [2.45, 2.75) is 31.7 Å². The first-order chi connectivity index (χ1) is 11.5. The highest BCUT2D eigenvalue weighted by atomic mass is 16.6. The Bertz CT molecular complexity index is 710. The molecule has 0 radical (unpaired) electrons. The summed E-state index contributed by atoms with van der Waals surface area (Å²) in [6, 6.07) is 5.11. The predicted octanol–water partition coefficient (Wildman–Crippen LogP) is 1.78. The second-order valence-corrected chi connectivity index (χ2v) is 5.43. The van der Waals surface area contributed by atoms with E-state index in [0.29, 0.717) is 12.0 Å². The van der Waals surface area contributed by atoms with Crippen molar-refractivity contribution < 1.29 is 28.7 Å². The third-order valence-electron chi connectivity index (χ3n) is 3.83. The Hall–Kier alpha value is -2.74. The predicted molar refractivity (Wildman–Crippen MR) is 80.3 cm³/mol. The molecule has 0 unspecified atom stereocenters. The Kier molecular flexibility index (Phi) is 4.30. The monoisotopic (exact) mass is 333 g/mol. The van der Waals surface area contributed by atoms with Gasteiger partial charge in [0.2, 0.25) is 0 Å². The van der Waals surface area contributed by atoms with Crippen LogP contribution in [0.5, 0.6) is 0 Å². The summed E-state index contributed by atoms with van der Waals surface area (Å²) in [5.41, 5.74) is 0.505. The molecular formula is C16H15NO7. The van der Waals surface area contributed by atoms with E-state index < -0.39 is 23.0 Å². The molecule has 1 aliphatic carbocycles. The van der Waals surface area contributed by atoms with Crippen LogP contribution in [-0.2, 0) is 19.0 Å². The maximum atomic E-state index is 12.2. The fourth-order valence-corrected chi connectivity index (χ4v) is 2.57. The number of nitro groups is 1. The molecule has 8 nitrogen and oxygen atoms in total. The Morgan fingerprint density at radius 3 is 2.62 bits per heavy atom. The molecule has 0 aromatic heterocycles. The first-order valence-electron chi connectivity index (χ1n) is 7.48. The number of hydrogen-bond acceptors (Lipinski definition) is 7. The van der Waals surface area contributed by atoms with Crippen molar-refractivity contribution in [2.24, 2.45) is 0 Å². The van der Waals surface area contributed by atoms with Gasteiger partial charge in [0, 0.05) is 24.1 Å². The summed E-state index contributed by atoms with van der Waals surface area (Å²) in [6.45, 7) is 1.97. The van der Waals surface area contributed by atoms with Crippen molar-refractivity contribution in [3.63, 3.8) is 0 Å². The summed E-state index contributed by atoms with van der Waals surface area (Å²) < 4.78 is 15.7. The van der Waals surface area contributed by atoms with Gasteiger partial charge < -0.3 is 14.2 Å². The molecule has 0 saturated carbocycles. The van der Waals surface area contributed by atoms with Crippen LogP contribution in [0.1, 0.15) is 23.7 Å². The lowest BCUT2D eigenvalue weighted by atomic mass is 9.97. The number of rotatable bonds is 5. The first-order valence-corrected chi connectivity index (χ1v) is 7.48. The topological polar surface area (TPSA) is 108 Å². The van der Waals surface area contributed by atoms with E-state index in [2.05, 4.69) is 0 Å². The van der Waals surface area contributed by atoms with Crippen LogP contribution < -0.4 is 0 Å². The molecule has 0 bridgehead atoms. The third-order valence-corrected chi connectivity index (χ3v) is 3.83. The van der Waals surface area contributed by atoms with Crippen LogP contribution in [-0.4, -0.2) is 41.8 Å². The van der Waals surface area contributed by atoms with Crippen molar-refractivity contribution in [1.29, 1.82) is 0 Å². The fraction of sp³-hybridized carbons (Fsp3) is 0.375. The highest BCUT2D eigenvalue weighted by Gasteiger charge is 2.50. The molecular weight excluding hydrogens is 318 g/mol. The van der Waals surface area contributed by atoms with Crippen LogP contribution in [0.2, 0.25) is 0 Å². The number of non-ortho nitro benzene ring substituents is 1. The van der Waals surface area contributed by atoms with Gasteiger partial charge in [0.1, 0.15) is 12.2 Å². The van der Waals surface area contributed by atoms with E-state index in [1.807, 2.05) is 0 Å². The number of epoxide rings is 1. The minimum atomic E-state index is -0.675. The number of esters is 2. The molecule has 0 N–H and O–H groups in total. The maximum absolute atomic E-state index is 12.2. The largest absolute Gasteiger partial charge is 0.463 e. The number of benzene rings is 1. The van der Waals surface area contributed by atoms with Crippen LogP contribution in [0.4, 0.5) is 5.69 Å². The second kappa shape index (κ2) is 6.40. The average Bonchev–Trinajstić information content (AvgIpc) is 3.35. The standard InChI is InChI=1S/C16H15NO7/c1-2-22-15(18)10-7-12-14(23-12)13(8-10)24-16(19)9-3-5-11(6-4-9)17(20)21/h3-6,8,12-14H,2,7H2,1H3/t12-,13+,14-/m1/s1. The number of nitro benzene ring substituents is 1. The summed E-state index contributed by atoms with van der Waals surface area (Å²) in [4.78, 5) is 34.1. The number of nitrogens with zero attached hydrogens (tertiary/aromatic N) is 1. The Morgan fingerprint density at radius 2 is 2.00 bits per heavy atom. The van der Waals surface area contributed by atoms with Gasteiger partial charge in [-0.15, -0.1) is 0 Å². The van der Waals surface area contributed by atoms with Crippen molar-refractivity contribution in [3.05, 3.63) is 51.6 Å². The molecule has 1 fully saturated rings. The van der Waals surface area contributed by atoms with Gasteiger partial charge in [-0.1, -0.05) is 0 Å². The average molecular weight is 333 g/mol. The van der Waals surface area contributed by atoms with Crippen LogP contribution >= 0.6 is 0 Å². The zero-order chi connectivity index (χ0) is 17.3. The SMILES string of the molecule is CCOC(=O)C1=C[C@H](OC(=O)c2ccc([N+](=O)[O-])cc2)[C@@H]2O[C@@H]2C1. The minimum absolute atomic E-state index is 0.112. The van der Waals surface area contributed by atoms with Crippen molar-refractivity contribution in [1.82, 2.24) is 0 Å². The van der Waals surface area contributed by atoms with Gasteiger partial charge in [-0.2, -0.15) is 0 Å². The van der Waals surface area contributed by atoms with E-state index >= 15 is 0 Å². The first kappa shape index (κ1) is 16.1. The van der Waals surface area contributed by atoms with E-state index in [1.54, 1.807) is 13.0 Å². The molecule has 3 rings (SSSR count). The molecule has 24 heavy (non-hydrogen) atoms.